The first-order valence-corrected chi connectivity index (χ1v) is 14.8. The van der Waals surface area contributed by atoms with Gasteiger partial charge >= 0.3 is 24.4 Å². The Labute approximate surface area is 254 Å². The van der Waals surface area contributed by atoms with Crippen molar-refractivity contribution in [3.63, 3.8) is 0 Å². The number of ether oxygens (including phenoxy) is 7. The SMILES string of the molecule is CCCCCOC(=O)O[C@@H](C)CC(N)(Cc1ccc(OC(=O)OCCC(C)C)c(OC(=O)OCCC(C)C)c1)C(=O)OC. The molecule has 0 aliphatic heterocycles. The number of rotatable bonds is 18. The second kappa shape index (κ2) is 19.6. The number of esters is 1. The molecule has 0 radical (unpaired) electrons. The summed E-state index contributed by atoms with van der Waals surface area (Å²) < 4.78 is 36.2. The fourth-order valence-electron chi connectivity index (χ4n) is 3.88. The molecule has 2 atom stereocenters. The van der Waals surface area contributed by atoms with Gasteiger partial charge < -0.3 is 38.9 Å². The zero-order chi connectivity index (χ0) is 32.4. The third-order valence-corrected chi connectivity index (χ3v) is 6.25. The van der Waals surface area contributed by atoms with Crippen LogP contribution >= 0.6 is 0 Å². The molecule has 0 bridgehead atoms. The van der Waals surface area contributed by atoms with Crippen LogP contribution in [0.2, 0.25) is 0 Å². The number of nitrogens with two attached hydrogens (primary N) is 1. The largest absolute Gasteiger partial charge is 0.513 e. The number of benzene rings is 1. The van der Waals surface area contributed by atoms with Gasteiger partial charge in [0.1, 0.15) is 11.6 Å². The molecule has 0 aromatic heterocycles. The number of unbranched alkanes of at least 4 members (excludes halogenated alkanes) is 2. The molecule has 0 saturated carbocycles. The van der Waals surface area contributed by atoms with Gasteiger partial charge in [0.25, 0.3) is 0 Å². The smallest absolute Gasteiger partial charge is 0.468 e. The van der Waals surface area contributed by atoms with Crippen molar-refractivity contribution < 1.29 is 52.3 Å². The Bertz CT molecular complexity index is 1030. The van der Waals surface area contributed by atoms with E-state index in [9.17, 15) is 19.2 Å². The lowest BCUT2D eigenvalue weighted by Crippen LogP contribution is -2.53. The Balaban J connectivity index is 3.12. The van der Waals surface area contributed by atoms with Gasteiger partial charge in [0.15, 0.2) is 11.5 Å². The third kappa shape index (κ3) is 15.5. The van der Waals surface area contributed by atoms with Gasteiger partial charge in [0, 0.05) is 12.8 Å². The van der Waals surface area contributed by atoms with E-state index in [1.807, 2.05) is 34.6 Å². The molecule has 43 heavy (non-hydrogen) atoms. The van der Waals surface area contributed by atoms with Crippen molar-refractivity contribution >= 4 is 24.4 Å². The maximum atomic E-state index is 12.8. The molecule has 2 N–H and O–H groups in total. The van der Waals surface area contributed by atoms with Gasteiger partial charge in [-0.15, -0.1) is 0 Å². The van der Waals surface area contributed by atoms with Crippen molar-refractivity contribution in [2.75, 3.05) is 26.9 Å². The van der Waals surface area contributed by atoms with Crippen molar-refractivity contribution in [2.45, 2.75) is 98.1 Å². The van der Waals surface area contributed by atoms with Crippen LogP contribution in [-0.4, -0.2) is 63.0 Å². The molecule has 0 aliphatic carbocycles. The molecule has 0 amide bonds. The Morgan fingerprint density at radius 2 is 1.35 bits per heavy atom. The van der Waals surface area contributed by atoms with Crippen molar-refractivity contribution in [1.82, 2.24) is 0 Å². The number of hydrogen-bond acceptors (Lipinski definition) is 12. The molecule has 0 spiro atoms. The summed E-state index contributed by atoms with van der Waals surface area (Å²) in [6.07, 6.45) is 0.0626. The van der Waals surface area contributed by atoms with E-state index < -0.39 is 36.1 Å². The molecule has 12 heteroatoms. The van der Waals surface area contributed by atoms with E-state index in [0.717, 1.165) is 12.8 Å². The second-order valence-corrected chi connectivity index (χ2v) is 11.3. The molecule has 1 aromatic rings. The standard InChI is InChI=1S/C31H49NO11/c1-8-9-10-15-38-28(34)41-23(6)19-31(32,27(33)37-7)20-24-11-12-25(42-29(35)39-16-13-21(2)3)26(18-24)43-30(36)40-17-14-22(4)5/h11-12,18,21-23H,8-10,13-17,19-20,32H2,1-7H3/t23-,31?/m0/s1. The summed E-state index contributed by atoms with van der Waals surface area (Å²) in [5, 5.41) is 0. The lowest BCUT2D eigenvalue weighted by Gasteiger charge is -2.29. The van der Waals surface area contributed by atoms with Crippen LogP contribution in [0.1, 0.15) is 85.6 Å². The molecule has 1 aromatic carbocycles. The highest BCUT2D eigenvalue weighted by Gasteiger charge is 2.38. The van der Waals surface area contributed by atoms with Gasteiger partial charge in [0.05, 0.1) is 26.9 Å². The van der Waals surface area contributed by atoms with Crippen LogP contribution in [0.4, 0.5) is 14.4 Å². The Kier molecular flexibility index (Phi) is 17.1. The highest BCUT2D eigenvalue weighted by Crippen LogP contribution is 2.32. The zero-order valence-electron chi connectivity index (χ0n) is 26.6. The minimum atomic E-state index is -1.64. The zero-order valence-corrected chi connectivity index (χ0v) is 26.6. The van der Waals surface area contributed by atoms with Crippen LogP contribution in [0.15, 0.2) is 18.2 Å². The third-order valence-electron chi connectivity index (χ3n) is 6.25. The van der Waals surface area contributed by atoms with Gasteiger partial charge in [-0.1, -0.05) is 53.5 Å². The lowest BCUT2D eigenvalue weighted by molar-refractivity contribution is -0.148. The van der Waals surface area contributed by atoms with Crippen molar-refractivity contribution in [3.8, 4) is 11.5 Å². The monoisotopic (exact) mass is 611 g/mol. The van der Waals surface area contributed by atoms with Gasteiger partial charge in [-0.25, -0.2) is 14.4 Å². The molecule has 0 heterocycles. The van der Waals surface area contributed by atoms with E-state index in [1.165, 1.54) is 19.2 Å². The minimum Gasteiger partial charge on any atom is -0.468 e. The normalized spacial score (nSPS) is 13.1. The molecule has 0 aliphatic rings. The van der Waals surface area contributed by atoms with Crippen LogP contribution in [-0.2, 0) is 34.9 Å². The molecule has 12 nitrogen and oxygen atoms in total. The molecular formula is C31H49NO11. The summed E-state index contributed by atoms with van der Waals surface area (Å²) >= 11 is 0. The summed E-state index contributed by atoms with van der Waals surface area (Å²) in [5.41, 5.74) is 5.30. The van der Waals surface area contributed by atoms with E-state index in [2.05, 4.69) is 0 Å². The van der Waals surface area contributed by atoms with Gasteiger partial charge in [-0.3, -0.25) is 4.79 Å². The molecule has 1 unspecified atom stereocenters. The number of hydrogen-bond donors (Lipinski definition) is 1. The van der Waals surface area contributed by atoms with E-state index in [1.54, 1.807) is 13.0 Å². The van der Waals surface area contributed by atoms with Crippen LogP contribution in [0.25, 0.3) is 0 Å². The first kappa shape index (κ1) is 37.5. The van der Waals surface area contributed by atoms with Crippen molar-refractivity contribution in [2.24, 2.45) is 17.6 Å². The highest BCUT2D eigenvalue weighted by atomic mass is 16.7. The number of carbonyl (C=O) groups excluding carboxylic acids is 4. The molecule has 1 rings (SSSR count). The number of carbonyl (C=O) groups is 4. The Morgan fingerprint density at radius 3 is 1.88 bits per heavy atom. The van der Waals surface area contributed by atoms with Crippen LogP contribution in [0.5, 0.6) is 11.5 Å². The maximum absolute atomic E-state index is 12.8. The molecule has 0 fully saturated rings. The topological polar surface area (TPSA) is 159 Å². The molecule has 244 valence electrons. The average molecular weight is 612 g/mol. The van der Waals surface area contributed by atoms with E-state index in [4.69, 9.17) is 38.9 Å². The predicted molar refractivity (Wildman–Crippen MR) is 158 cm³/mol. The Hall–Kier alpha value is -3.54. The van der Waals surface area contributed by atoms with Gasteiger partial charge in [0.2, 0.25) is 0 Å². The van der Waals surface area contributed by atoms with Crippen LogP contribution < -0.4 is 15.2 Å². The predicted octanol–water partition coefficient (Wildman–Crippen LogP) is 6.34. The fraction of sp³-hybridized carbons (Fsp3) is 0.677. The first-order valence-electron chi connectivity index (χ1n) is 14.8. The summed E-state index contributed by atoms with van der Waals surface area (Å²) in [6, 6.07) is 4.34. The minimum absolute atomic E-state index is 0.0951. The van der Waals surface area contributed by atoms with E-state index in [-0.39, 0.29) is 44.2 Å². The van der Waals surface area contributed by atoms with Crippen LogP contribution in [0.3, 0.4) is 0 Å². The quantitative estimate of drug-likeness (QED) is 0.0850. The highest BCUT2D eigenvalue weighted by molar-refractivity contribution is 5.81. The van der Waals surface area contributed by atoms with E-state index >= 15 is 0 Å². The average Bonchev–Trinajstić information content (AvgIpc) is 2.91. The summed E-state index contributed by atoms with van der Waals surface area (Å²) in [4.78, 5) is 49.6. The Morgan fingerprint density at radius 1 is 0.791 bits per heavy atom. The number of methoxy groups -OCH3 is 1. The maximum Gasteiger partial charge on any atom is 0.513 e. The molecular weight excluding hydrogens is 562 g/mol. The molecule has 0 saturated heterocycles. The lowest BCUT2D eigenvalue weighted by atomic mass is 9.86. The fourth-order valence-corrected chi connectivity index (χ4v) is 3.88. The summed E-state index contributed by atoms with van der Waals surface area (Å²) in [6.45, 7) is 12.1. The first-order chi connectivity index (χ1) is 20.3. The summed E-state index contributed by atoms with van der Waals surface area (Å²) in [7, 11) is 1.20. The van der Waals surface area contributed by atoms with Gasteiger partial charge in [-0.2, -0.15) is 0 Å². The van der Waals surface area contributed by atoms with E-state index in [0.29, 0.717) is 36.7 Å². The van der Waals surface area contributed by atoms with Crippen molar-refractivity contribution in [1.29, 1.82) is 0 Å². The second-order valence-electron chi connectivity index (χ2n) is 11.3. The summed E-state index contributed by atoms with van der Waals surface area (Å²) in [5.74, 6) is -0.352. The van der Waals surface area contributed by atoms with Crippen LogP contribution in [0, 0.1) is 11.8 Å². The van der Waals surface area contributed by atoms with Gasteiger partial charge in [-0.05, 0) is 55.7 Å². The van der Waals surface area contributed by atoms with Crippen molar-refractivity contribution in [3.05, 3.63) is 23.8 Å².